The third-order valence-corrected chi connectivity index (χ3v) is 4.44. The summed E-state index contributed by atoms with van der Waals surface area (Å²) in [4.78, 5) is 32.1. The number of hydrogen-bond acceptors (Lipinski definition) is 7. The maximum atomic E-state index is 12.1. The van der Waals surface area contributed by atoms with E-state index in [1.165, 1.54) is 13.3 Å². The van der Waals surface area contributed by atoms with Gasteiger partial charge >= 0.3 is 10.8 Å². The lowest BCUT2D eigenvalue weighted by Crippen LogP contribution is -2.25. The Morgan fingerprint density at radius 3 is 3.04 bits per heavy atom. The number of fused-ring (bicyclic) bond motifs is 1. The number of thiazole rings is 1. The molecular formula is C16H15N3O4S. The summed E-state index contributed by atoms with van der Waals surface area (Å²) in [5, 5.41) is 11.9. The Balaban J connectivity index is 2.02. The Labute approximate surface area is 140 Å². The Hall–Kier alpha value is -2.74. The molecule has 0 fully saturated rings. The van der Waals surface area contributed by atoms with Gasteiger partial charge in [0, 0.05) is 0 Å². The molecule has 1 N–H and O–H groups in total. The molecule has 2 aromatic rings. The molecular weight excluding hydrogens is 330 g/mol. The number of carbonyl (C=O) groups is 1. The van der Waals surface area contributed by atoms with Gasteiger partial charge < -0.3 is 9.84 Å². The van der Waals surface area contributed by atoms with Gasteiger partial charge in [-0.2, -0.15) is 0 Å². The molecule has 1 aromatic heterocycles. The van der Waals surface area contributed by atoms with Gasteiger partial charge in [0.2, 0.25) is 5.88 Å². The lowest BCUT2D eigenvalue weighted by atomic mass is 10.2. The van der Waals surface area contributed by atoms with Crippen molar-refractivity contribution in [1.82, 2.24) is 4.57 Å². The second kappa shape index (κ2) is 6.40. The fourth-order valence-corrected chi connectivity index (χ4v) is 3.26. The van der Waals surface area contributed by atoms with Crippen molar-refractivity contribution in [3.63, 3.8) is 0 Å². The van der Waals surface area contributed by atoms with Gasteiger partial charge in [-0.05, 0) is 37.3 Å². The normalized spacial score (nSPS) is 14.3. The van der Waals surface area contributed by atoms with Crippen LogP contribution in [0, 0.1) is 0 Å². The lowest BCUT2D eigenvalue weighted by Gasteiger charge is -2.11. The van der Waals surface area contributed by atoms with Gasteiger partial charge in [0.05, 0.1) is 22.5 Å². The molecule has 124 valence electrons. The zero-order valence-electron chi connectivity index (χ0n) is 13.1. The SMILES string of the molecule is CCOC(=O)C(C)n1c(O)c(/C=c2\ccc3c(c2)N=CN=3)sc1=O. The minimum Gasteiger partial charge on any atom is -0.493 e. The van der Waals surface area contributed by atoms with Crippen molar-refractivity contribution < 1.29 is 14.6 Å². The van der Waals surface area contributed by atoms with Gasteiger partial charge in [-0.3, -0.25) is 9.36 Å². The highest BCUT2D eigenvalue weighted by Crippen LogP contribution is 2.24. The predicted octanol–water partition coefficient (Wildman–Crippen LogP) is 0.861. The van der Waals surface area contributed by atoms with Crippen molar-refractivity contribution in [2.75, 3.05) is 6.61 Å². The summed E-state index contributed by atoms with van der Waals surface area (Å²) >= 11 is 0.865. The molecule has 0 aliphatic carbocycles. The summed E-state index contributed by atoms with van der Waals surface area (Å²) in [6, 6.07) is 4.55. The van der Waals surface area contributed by atoms with E-state index < -0.39 is 16.9 Å². The first-order valence-corrected chi connectivity index (χ1v) is 8.16. The fraction of sp³-hybridized carbons (Fsp3) is 0.250. The zero-order chi connectivity index (χ0) is 17.3. The molecule has 1 unspecified atom stereocenters. The first-order valence-electron chi connectivity index (χ1n) is 7.34. The number of carbonyl (C=O) groups excluding carboxylic acids is 1. The molecule has 3 rings (SSSR count). The number of hydrogen-bond donors (Lipinski definition) is 1. The minimum absolute atomic E-state index is 0.211. The molecule has 7 nitrogen and oxygen atoms in total. The van der Waals surface area contributed by atoms with Gasteiger partial charge in [0.15, 0.2) is 0 Å². The summed E-state index contributed by atoms with van der Waals surface area (Å²) in [6.45, 7) is 3.41. The molecule has 1 aliphatic rings. The van der Waals surface area contributed by atoms with Gasteiger partial charge in [0.1, 0.15) is 12.4 Å². The molecule has 2 heterocycles. The minimum atomic E-state index is -0.890. The highest BCUT2D eigenvalue weighted by molar-refractivity contribution is 7.10. The summed E-state index contributed by atoms with van der Waals surface area (Å²) in [5.74, 6) is -0.813. The first kappa shape index (κ1) is 16.1. The summed E-state index contributed by atoms with van der Waals surface area (Å²) < 4.78 is 5.94. The first-order chi connectivity index (χ1) is 11.5. The van der Waals surface area contributed by atoms with Crippen LogP contribution in [0.3, 0.4) is 0 Å². The van der Waals surface area contributed by atoms with Crippen molar-refractivity contribution in [3.05, 3.63) is 43.3 Å². The van der Waals surface area contributed by atoms with Crippen LogP contribution < -0.4 is 15.4 Å². The molecule has 0 saturated carbocycles. The monoisotopic (exact) mass is 345 g/mol. The smallest absolute Gasteiger partial charge is 0.329 e. The van der Waals surface area contributed by atoms with E-state index in [1.54, 1.807) is 13.0 Å². The van der Waals surface area contributed by atoms with E-state index in [0.29, 0.717) is 4.88 Å². The van der Waals surface area contributed by atoms with Crippen LogP contribution in [0.25, 0.3) is 6.08 Å². The average molecular weight is 345 g/mol. The Morgan fingerprint density at radius 1 is 1.50 bits per heavy atom. The van der Waals surface area contributed by atoms with Crippen LogP contribution in [0.1, 0.15) is 24.8 Å². The number of esters is 1. The Kier molecular flexibility index (Phi) is 4.30. The number of nitrogens with zero attached hydrogens (tertiary/aromatic N) is 3. The quantitative estimate of drug-likeness (QED) is 0.832. The predicted molar refractivity (Wildman–Crippen MR) is 90.5 cm³/mol. The second-order valence-corrected chi connectivity index (χ2v) is 6.11. The van der Waals surface area contributed by atoms with E-state index in [4.69, 9.17) is 4.74 Å². The molecule has 1 aromatic carbocycles. The Morgan fingerprint density at radius 2 is 2.29 bits per heavy atom. The Bertz CT molecular complexity index is 1000. The van der Waals surface area contributed by atoms with Gasteiger partial charge in [-0.15, -0.1) is 0 Å². The van der Waals surface area contributed by atoms with Crippen LogP contribution in [-0.4, -0.2) is 28.6 Å². The number of benzene rings is 1. The lowest BCUT2D eigenvalue weighted by molar-refractivity contribution is -0.146. The number of aromatic nitrogens is 1. The van der Waals surface area contributed by atoms with Gasteiger partial charge in [0.25, 0.3) is 0 Å². The van der Waals surface area contributed by atoms with Crippen molar-refractivity contribution in [2.24, 2.45) is 9.98 Å². The molecule has 1 aliphatic heterocycles. The van der Waals surface area contributed by atoms with Gasteiger partial charge in [-0.25, -0.2) is 14.8 Å². The molecule has 24 heavy (non-hydrogen) atoms. The highest BCUT2D eigenvalue weighted by atomic mass is 32.1. The zero-order valence-corrected chi connectivity index (χ0v) is 13.9. The standard InChI is InChI=1S/C16H15N3O4S/c1-3-23-15(21)9(2)19-14(20)13(24-16(19)22)7-10-4-5-11-12(6-10)18-8-17-11/h4-9,20H,3H2,1-2H3/b10-7+. The van der Waals surface area contributed by atoms with E-state index in [0.717, 1.165) is 32.2 Å². The van der Waals surface area contributed by atoms with E-state index >= 15 is 0 Å². The van der Waals surface area contributed by atoms with Crippen LogP contribution in [0.2, 0.25) is 0 Å². The maximum Gasteiger partial charge on any atom is 0.329 e. The van der Waals surface area contributed by atoms with Crippen molar-refractivity contribution in [1.29, 1.82) is 0 Å². The van der Waals surface area contributed by atoms with Crippen LogP contribution >= 0.6 is 11.3 Å². The van der Waals surface area contributed by atoms with E-state index in [1.807, 2.05) is 18.2 Å². The summed E-state index contributed by atoms with van der Waals surface area (Å²) in [5.41, 5.74) is 0.731. The number of rotatable bonds is 4. The molecule has 1 atom stereocenters. The second-order valence-electron chi connectivity index (χ2n) is 5.12. The van der Waals surface area contributed by atoms with Crippen molar-refractivity contribution in [3.8, 4) is 5.88 Å². The van der Waals surface area contributed by atoms with Crippen LogP contribution in [0.15, 0.2) is 33.0 Å². The van der Waals surface area contributed by atoms with Crippen LogP contribution in [0.5, 0.6) is 5.88 Å². The van der Waals surface area contributed by atoms with Crippen molar-refractivity contribution >= 4 is 35.4 Å². The van der Waals surface area contributed by atoms with Crippen molar-refractivity contribution in [2.45, 2.75) is 19.9 Å². The fourth-order valence-electron chi connectivity index (χ4n) is 2.35. The summed E-state index contributed by atoms with van der Waals surface area (Å²) in [7, 11) is 0. The third kappa shape index (κ3) is 2.88. The van der Waals surface area contributed by atoms with E-state index in [-0.39, 0.29) is 12.5 Å². The number of aliphatic imine (C=N–C) groups is 1. The molecule has 0 spiro atoms. The molecule has 0 amide bonds. The maximum absolute atomic E-state index is 12.1. The topological polar surface area (TPSA) is 93.2 Å². The molecule has 0 saturated heterocycles. The number of aromatic hydroxyl groups is 1. The molecule has 8 heteroatoms. The van der Waals surface area contributed by atoms with Gasteiger partial charge in [-0.1, -0.05) is 17.4 Å². The molecule has 0 bridgehead atoms. The third-order valence-electron chi connectivity index (χ3n) is 3.55. The van der Waals surface area contributed by atoms with Crippen LogP contribution in [0.4, 0.5) is 5.69 Å². The number of ether oxygens (including phenoxy) is 1. The largest absolute Gasteiger partial charge is 0.493 e. The summed E-state index contributed by atoms with van der Waals surface area (Å²) in [6.07, 6.45) is 3.14. The van der Waals surface area contributed by atoms with E-state index in [2.05, 4.69) is 9.98 Å². The average Bonchev–Trinajstić information content (AvgIpc) is 3.11. The van der Waals surface area contributed by atoms with Crippen LogP contribution in [-0.2, 0) is 9.53 Å². The van der Waals surface area contributed by atoms with E-state index in [9.17, 15) is 14.7 Å². The highest BCUT2D eigenvalue weighted by Gasteiger charge is 2.23. The molecule has 0 radical (unpaired) electrons.